The largest absolute Gasteiger partial charge is 0.466 e. The highest BCUT2D eigenvalue weighted by molar-refractivity contribution is 5.73. The first kappa shape index (κ1) is 15.8. The number of hydrogen-bond acceptors (Lipinski definition) is 4. The fraction of sp³-hybridized carbons (Fsp3) is 0.857. The van der Waals surface area contributed by atoms with Gasteiger partial charge in [0.25, 0.3) is 0 Å². The lowest BCUT2D eigenvalue weighted by Crippen LogP contribution is -2.47. The van der Waals surface area contributed by atoms with Crippen molar-refractivity contribution in [2.45, 2.75) is 65.0 Å². The lowest BCUT2D eigenvalue weighted by atomic mass is 10.00. The van der Waals surface area contributed by atoms with Crippen LogP contribution in [0, 0.1) is 0 Å². The second-order valence-electron chi connectivity index (χ2n) is 5.83. The second kappa shape index (κ2) is 6.78. The third-order valence-corrected chi connectivity index (χ3v) is 2.96. The molecule has 0 aliphatic carbocycles. The molecule has 5 heteroatoms. The Morgan fingerprint density at radius 3 is 2.53 bits per heavy atom. The molecule has 1 saturated heterocycles. The van der Waals surface area contributed by atoms with E-state index in [-0.39, 0.29) is 24.5 Å². The standard InChI is InChI=1S/C14H25NO4/c1-5-18-12(16)10-11-8-6-7-9-15(11)13(17)19-14(2,3)4/h11H,5-10H2,1-4H3. The van der Waals surface area contributed by atoms with Gasteiger partial charge in [0, 0.05) is 12.6 Å². The Balaban J connectivity index is 2.61. The summed E-state index contributed by atoms with van der Waals surface area (Å²) >= 11 is 0. The summed E-state index contributed by atoms with van der Waals surface area (Å²) in [6.45, 7) is 8.33. The van der Waals surface area contributed by atoms with E-state index in [9.17, 15) is 9.59 Å². The highest BCUT2D eigenvalue weighted by Crippen LogP contribution is 2.22. The van der Waals surface area contributed by atoms with Crippen molar-refractivity contribution in [1.82, 2.24) is 4.90 Å². The molecule has 1 heterocycles. The minimum atomic E-state index is -0.511. The van der Waals surface area contributed by atoms with E-state index in [1.807, 2.05) is 20.8 Å². The Labute approximate surface area is 115 Å². The number of esters is 1. The summed E-state index contributed by atoms with van der Waals surface area (Å²) in [6, 6.07) is -0.0948. The molecule has 1 unspecified atom stereocenters. The van der Waals surface area contributed by atoms with Crippen molar-refractivity contribution in [2.75, 3.05) is 13.2 Å². The Morgan fingerprint density at radius 1 is 1.26 bits per heavy atom. The molecular weight excluding hydrogens is 246 g/mol. The van der Waals surface area contributed by atoms with Gasteiger partial charge in [0.2, 0.25) is 0 Å². The van der Waals surface area contributed by atoms with Gasteiger partial charge in [-0.2, -0.15) is 0 Å². The maximum Gasteiger partial charge on any atom is 0.410 e. The van der Waals surface area contributed by atoms with E-state index in [4.69, 9.17) is 9.47 Å². The van der Waals surface area contributed by atoms with Crippen LogP contribution in [0.2, 0.25) is 0 Å². The van der Waals surface area contributed by atoms with Crippen LogP contribution >= 0.6 is 0 Å². The monoisotopic (exact) mass is 271 g/mol. The van der Waals surface area contributed by atoms with E-state index >= 15 is 0 Å². The third-order valence-electron chi connectivity index (χ3n) is 2.96. The maximum absolute atomic E-state index is 12.1. The van der Waals surface area contributed by atoms with E-state index in [2.05, 4.69) is 0 Å². The quantitative estimate of drug-likeness (QED) is 0.741. The minimum absolute atomic E-state index is 0.0948. The Morgan fingerprint density at radius 2 is 1.95 bits per heavy atom. The minimum Gasteiger partial charge on any atom is -0.466 e. The molecule has 0 saturated carbocycles. The highest BCUT2D eigenvalue weighted by atomic mass is 16.6. The number of ether oxygens (including phenoxy) is 2. The number of carbonyl (C=O) groups is 2. The zero-order chi connectivity index (χ0) is 14.5. The van der Waals surface area contributed by atoms with E-state index < -0.39 is 5.60 Å². The van der Waals surface area contributed by atoms with E-state index in [1.54, 1.807) is 11.8 Å². The molecule has 0 N–H and O–H groups in total. The van der Waals surface area contributed by atoms with Crippen molar-refractivity contribution in [3.05, 3.63) is 0 Å². The Bertz CT molecular complexity index is 322. The first-order valence-corrected chi connectivity index (χ1v) is 6.98. The first-order chi connectivity index (χ1) is 8.83. The Hall–Kier alpha value is -1.26. The lowest BCUT2D eigenvalue weighted by molar-refractivity contribution is -0.144. The van der Waals surface area contributed by atoms with E-state index in [0.29, 0.717) is 13.2 Å². The van der Waals surface area contributed by atoms with Crippen molar-refractivity contribution < 1.29 is 19.1 Å². The molecule has 0 bridgehead atoms. The number of piperidine rings is 1. The molecule has 1 amide bonds. The predicted octanol–water partition coefficient (Wildman–Crippen LogP) is 2.73. The summed E-state index contributed by atoms with van der Waals surface area (Å²) in [5, 5.41) is 0. The molecule has 0 aromatic carbocycles. The van der Waals surface area contributed by atoms with Crippen LogP contribution in [0.15, 0.2) is 0 Å². The van der Waals surface area contributed by atoms with Crippen LogP contribution in [0.25, 0.3) is 0 Å². The summed E-state index contributed by atoms with van der Waals surface area (Å²) in [6.07, 6.45) is 2.74. The Kier molecular flexibility index (Phi) is 5.63. The molecular formula is C14H25NO4. The molecule has 0 radical (unpaired) electrons. The second-order valence-corrected chi connectivity index (χ2v) is 5.83. The van der Waals surface area contributed by atoms with E-state index in [0.717, 1.165) is 19.3 Å². The van der Waals surface area contributed by atoms with Gasteiger partial charge in [0.15, 0.2) is 0 Å². The maximum atomic E-state index is 12.1. The lowest BCUT2D eigenvalue weighted by Gasteiger charge is -2.36. The number of likely N-dealkylation sites (tertiary alicyclic amines) is 1. The van der Waals surface area contributed by atoms with Crippen LogP contribution in [0.5, 0.6) is 0 Å². The molecule has 1 atom stereocenters. The van der Waals surface area contributed by atoms with Crippen molar-refractivity contribution in [2.24, 2.45) is 0 Å². The SMILES string of the molecule is CCOC(=O)CC1CCCCN1C(=O)OC(C)(C)C. The first-order valence-electron chi connectivity index (χ1n) is 6.98. The number of carbonyl (C=O) groups excluding carboxylic acids is 2. The average Bonchev–Trinajstić information content (AvgIpc) is 2.27. The molecule has 1 rings (SSSR count). The number of rotatable bonds is 3. The average molecular weight is 271 g/mol. The zero-order valence-electron chi connectivity index (χ0n) is 12.4. The smallest absolute Gasteiger partial charge is 0.410 e. The van der Waals surface area contributed by atoms with Gasteiger partial charge in [0.05, 0.1) is 13.0 Å². The third kappa shape index (κ3) is 5.49. The van der Waals surface area contributed by atoms with Gasteiger partial charge in [0.1, 0.15) is 5.60 Å². The molecule has 110 valence electrons. The van der Waals surface area contributed by atoms with Gasteiger partial charge >= 0.3 is 12.1 Å². The van der Waals surface area contributed by atoms with Gasteiger partial charge in [-0.3, -0.25) is 4.79 Å². The fourth-order valence-electron chi connectivity index (χ4n) is 2.19. The highest BCUT2D eigenvalue weighted by Gasteiger charge is 2.31. The van der Waals surface area contributed by atoms with E-state index in [1.165, 1.54) is 0 Å². The van der Waals surface area contributed by atoms with Crippen LogP contribution in [0.3, 0.4) is 0 Å². The number of nitrogens with zero attached hydrogens (tertiary/aromatic N) is 1. The zero-order valence-corrected chi connectivity index (χ0v) is 12.4. The topological polar surface area (TPSA) is 55.8 Å². The van der Waals surface area contributed by atoms with Crippen LogP contribution < -0.4 is 0 Å². The molecule has 0 spiro atoms. The van der Waals surface area contributed by atoms with Gasteiger partial charge in [-0.15, -0.1) is 0 Å². The van der Waals surface area contributed by atoms with Gasteiger partial charge in [-0.25, -0.2) is 4.79 Å². The fourth-order valence-corrected chi connectivity index (χ4v) is 2.19. The predicted molar refractivity (Wildman–Crippen MR) is 71.8 cm³/mol. The van der Waals surface area contributed by atoms with Gasteiger partial charge in [-0.1, -0.05) is 0 Å². The molecule has 1 aliphatic heterocycles. The van der Waals surface area contributed by atoms with Crippen molar-refractivity contribution in [3.8, 4) is 0 Å². The molecule has 0 aromatic rings. The summed E-state index contributed by atoms with van der Waals surface area (Å²) in [7, 11) is 0. The summed E-state index contributed by atoms with van der Waals surface area (Å²) in [4.78, 5) is 25.4. The molecule has 5 nitrogen and oxygen atoms in total. The summed E-state index contributed by atoms with van der Waals surface area (Å²) in [5.74, 6) is -0.247. The van der Waals surface area contributed by atoms with Crippen LogP contribution in [-0.2, 0) is 14.3 Å². The summed E-state index contributed by atoms with van der Waals surface area (Å²) < 4.78 is 10.3. The number of hydrogen-bond donors (Lipinski definition) is 0. The normalized spacial score (nSPS) is 20.0. The van der Waals surface area contributed by atoms with Crippen LogP contribution in [0.4, 0.5) is 4.79 Å². The molecule has 1 aliphatic rings. The summed E-state index contributed by atoms with van der Waals surface area (Å²) in [5.41, 5.74) is -0.511. The van der Waals surface area contributed by atoms with Crippen molar-refractivity contribution in [3.63, 3.8) is 0 Å². The van der Waals surface area contributed by atoms with Gasteiger partial charge in [-0.05, 0) is 47.0 Å². The van der Waals surface area contributed by atoms with Crippen LogP contribution in [0.1, 0.15) is 53.4 Å². The molecule has 1 fully saturated rings. The van der Waals surface area contributed by atoms with Crippen LogP contribution in [-0.4, -0.2) is 41.8 Å². The number of amides is 1. The van der Waals surface area contributed by atoms with Crippen molar-refractivity contribution in [1.29, 1.82) is 0 Å². The van der Waals surface area contributed by atoms with Gasteiger partial charge < -0.3 is 14.4 Å². The molecule has 19 heavy (non-hydrogen) atoms. The molecule has 0 aromatic heterocycles. The van der Waals surface area contributed by atoms with Crippen molar-refractivity contribution >= 4 is 12.1 Å².